The van der Waals surface area contributed by atoms with Crippen LogP contribution >= 0.6 is 11.8 Å². The Morgan fingerprint density at radius 2 is 2.17 bits per heavy atom. The molecule has 0 amide bonds. The maximum atomic E-state index is 14.9. The second kappa shape index (κ2) is 7.35. The molecule has 12 heteroatoms. The third-order valence-corrected chi connectivity index (χ3v) is 6.32. The Bertz CT molecular complexity index is 1070. The van der Waals surface area contributed by atoms with Gasteiger partial charge in [0.15, 0.2) is 5.17 Å². The van der Waals surface area contributed by atoms with E-state index in [0.29, 0.717) is 12.3 Å². The number of anilines is 1. The summed E-state index contributed by atoms with van der Waals surface area (Å²) in [5.74, 6) is -0.929. The van der Waals surface area contributed by atoms with Crippen LogP contribution in [-0.2, 0) is 5.54 Å². The first kappa shape index (κ1) is 20.3. The van der Waals surface area contributed by atoms with E-state index >= 15 is 0 Å². The van der Waals surface area contributed by atoms with Crippen molar-refractivity contribution in [3.63, 3.8) is 0 Å². The molecule has 3 heterocycles. The number of aryl methyl sites for hydroxylation is 1. The normalized spacial score (nSPS) is 23.1. The molecule has 0 unspecified atom stereocenters. The van der Waals surface area contributed by atoms with Crippen LogP contribution in [-0.4, -0.2) is 46.0 Å². The molecular formula is C18H18F2N6O3S. The first-order valence-electron chi connectivity index (χ1n) is 9.01. The molecule has 1 aromatic carbocycles. The highest BCUT2D eigenvalue weighted by Gasteiger charge is 2.52. The highest BCUT2D eigenvalue weighted by atomic mass is 32.2. The number of nitrogens with two attached hydrogens (primary N) is 1. The Labute approximate surface area is 174 Å². The average Bonchev–Trinajstić information content (AvgIpc) is 3.09. The number of rotatable bonds is 4. The Hall–Kier alpha value is -3.02. The van der Waals surface area contributed by atoms with Crippen LogP contribution < -0.4 is 15.4 Å². The molecule has 0 bridgehead atoms. The van der Waals surface area contributed by atoms with Crippen LogP contribution in [0.5, 0.6) is 5.88 Å². The third-order valence-electron chi connectivity index (χ3n) is 5.37. The van der Waals surface area contributed by atoms with Crippen LogP contribution in [0.2, 0.25) is 0 Å². The molecule has 4 rings (SSSR count). The number of aliphatic imine (C=N–C) groups is 1. The quantitative estimate of drug-likeness (QED) is 0.573. The minimum absolute atomic E-state index is 0.0956. The van der Waals surface area contributed by atoms with E-state index in [0.717, 1.165) is 12.1 Å². The second-order valence-electron chi connectivity index (χ2n) is 7.12. The standard InChI is InChI=1S/C18H18F2N6O3S/c1-9-14(20)15(29-2)23-17(22-9)25-6-10-7-30-16(21)24-18(10,8-25)12-5-11(26(27)28)3-4-13(12)19/h3-5,10H,6-8H2,1-2H3,(H2,21,24)/t10-,18-/m0/s1. The van der Waals surface area contributed by atoms with Crippen LogP contribution in [0.1, 0.15) is 11.3 Å². The first-order chi connectivity index (χ1) is 14.2. The van der Waals surface area contributed by atoms with Crippen molar-refractivity contribution < 1.29 is 18.4 Å². The molecule has 1 saturated heterocycles. The van der Waals surface area contributed by atoms with E-state index in [1.54, 1.807) is 4.90 Å². The smallest absolute Gasteiger partial charge is 0.270 e. The SMILES string of the molecule is COc1nc(N2C[C@H]3CSC(N)=N[C@@]3(c3cc([N+](=O)[O-])ccc3F)C2)nc(C)c1F. The zero-order valence-corrected chi connectivity index (χ0v) is 16.9. The van der Waals surface area contributed by atoms with E-state index in [-0.39, 0.29) is 46.4 Å². The maximum Gasteiger partial charge on any atom is 0.270 e. The van der Waals surface area contributed by atoms with Gasteiger partial charge < -0.3 is 15.4 Å². The van der Waals surface area contributed by atoms with Gasteiger partial charge in [0, 0.05) is 35.9 Å². The molecule has 0 saturated carbocycles. The monoisotopic (exact) mass is 436 g/mol. The van der Waals surface area contributed by atoms with Gasteiger partial charge in [-0.3, -0.25) is 10.1 Å². The molecule has 0 radical (unpaired) electrons. The minimum Gasteiger partial charge on any atom is -0.479 e. The van der Waals surface area contributed by atoms with Crippen LogP contribution in [0, 0.1) is 34.6 Å². The van der Waals surface area contributed by atoms with Crippen molar-refractivity contribution in [2.45, 2.75) is 12.5 Å². The Balaban J connectivity index is 1.83. The number of amidine groups is 1. The number of hydrogen-bond acceptors (Lipinski definition) is 9. The number of nitro benzene ring substituents is 1. The van der Waals surface area contributed by atoms with Crippen LogP contribution in [0.25, 0.3) is 0 Å². The zero-order valence-electron chi connectivity index (χ0n) is 16.1. The lowest BCUT2D eigenvalue weighted by atomic mass is 9.81. The maximum absolute atomic E-state index is 14.9. The summed E-state index contributed by atoms with van der Waals surface area (Å²) in [7, 11) is 1.31. The summed E-state index contributed by atoms with van der Waals surface area (Å²) in [6, 6.07) is 3.38. The summed E-state index contributed by atoms with van der Waals surface area (Å²) in [4.78, 5) is 25.3. The van der Waals surface area contributed by atoms with Crippen LogP contribution in [0.15, 0.2) is 23.2 Å². The van der Waals surface area contributed by atoms with Crippen molar-refractivity contribution in [2.24, 2.45) is 16.6 Å². The van der Waals surface area contributed by atoms with E-state index in [1.807, 2.05) is 0 Å². The van der Waals surface area contributed by atoms with E-state index in [2.05, 4.69) is 15.0 Å². The zero-order chi connectivity index (χ0) is 21.6. The number of halogens is 2. The number of thioether (sulfide) groups is 1. The first-order valence-corrected chi connectivity index (χ1v) is 9.99. The fraction of sp³-hybridized carbons (Fsp3) is 0.389. The van der Waals surface area contributed by atoms with Crippen molar-refractivity contribution in [2.75, 3.05) is 30.9 Å². The molecule has 2 aliphatic rings. The molecule has 30 heavy (non-hydrogen) atoms. The summed E-state index contributed by atoms with van der Waals surface area (Å²) in [6.45, 7) is 2.01. The van der Waals surface area contributed by atoms with Gasteiger partial charge in [-0.25, -0.2) is 14.4 Å². The van der Waals surface area contributed by atoms with Gasteiger partial charge in [0.1, 0.15) is 11.4 Å². The highest BCUT2D eigenvalue weighted by Crippen LogP contribution is 2.47. The summed E-state index contributed by atoms with van der Waals surface area (Å²) in [6.07, 6.45) is 0. The molecule has 2 atom stereocenters. The van der Waals surface area contributed by atoms with Gasteiger partial charge in [0.2, 0.25) is 11.8 Å². The molecule has 2 aliphatic heterocycles. The number of nitro groups is 1. The Kier molecular flexibility index (Phi) is 4.96. The van der Waals surface area contributed by atoms with Crippen molar-refractivity contribution in [1.82, 2.24) is 9.97 Å². The Morgan fingerprint density at radius 3 is 2.87 bits per heavy atom. The van der Waals surface area contributed by atoms with E-state index in [1.165, 1.54) is 31.9 Å². The topological polar surface area (TPSA) is 120 Å². The predicted molar refractivity (Wildman–Crippen MR) is 108 cm³/mol. The second-order valence-corrected chi connectivity index (χ2v) is 8.16. The predicted octanol–water partition coefficient (Wildman–Crippen LogP) is 2.37. The lowest BCUT2D eigenvalue weighted by Gasteiger charge is -2.34. The van der Waals surface area contributed by atoms with Crippen molar-refractivity contribution >= 4 is 28.6 Å². The van der Waals surface area contributed by atoms with Gasteiger partial charge in [-0.05, 0) is 13.0 Å². The largest absolute Gasteiger partial charge is 0.479 e. The number of hydrogen-bond donors (Lipinski definition) is 1. The molecule has 2 aromatic rings. The fourth-order valence-electron chi connectivity index (χ4n) is 3.91. The van der Waals surface area contributed by atoms with Crippen molar-refractivity contribution in [3.05, 3.63) is 51.2 Å². The summed E-state index contributed by atoms with van der Waals surface area (Å²) >= 11 is 1.33. The van der Waals surface area contributed by atoms with Crippen molar-refractivity contribution in [1.29, 1.82) is 0 Å². The molecule has 2 N–H and O–H groups in total. The van der Waals surface area contributed by atoms with Gasteiger partial charge in [0.25, 0.3) is 11.6 Å². The molecule has 9 nitrogen and oxygen atoms in total. The van der Waals surface area contributed by atoms with Gasteiger partial charge in [-0.15, -0.1) is 0 Å². The number of nitrogens with zero attached hydrogens (tertiary/aromatic N) is 5. The average molecular weight is 436 g/mol. The number of non-ortho nitro benzene ring substituents is 1. The number of ether oxygens (including phenoxy) is 1. The minimum atomic E-state index is -1.15. The fourth-order valence-corrected chi connectivity index (χ4v) is 4.89. The number of benzene rings is 1. The molecule has 0 spiro atoms. The molecule has 1 fully saturated rings. The van der Waals surface area contributed by atoms with E-state index < -0.39 is 22.1 Å². The lowest BCUT2D eigenvalue weighted by Crippen LogP contribution is -2.40. The number of fused-ring (bicyclic) bond motifs is 1. The molecule has 0 aliphatic carbocycles. The van der Waals surface area contributed by atoms with Gasteiger partial charge in [-0.1, -0.05) is 11.8 Å². The summed E-state index contributed by atoms with van der Waals surface area (Å²) in [5, 5.41) is 11.5. The van der Waals surface area contributed by atoms with E-state index in [9.17, 15) is 18.9 Å². The van der Waals surface area contributed by atoms with Gasteiger partial charge in [0.05, 0.1) is 24.3 Å². The van der Waals surface area contributed by atoms with Gasteiger partial charge >= 0.3 is 0 Å². The van der Waals surface area contributed by atoms with Gasteiger partial charge in [-0.2, -0.15) is 9.37 Å². The summed E-state index contributed by atoms with van der Waals surface area (Å²) < 4.78 is 34.0. The molecule has 1 aromatic heterocycles. The van der Waals surface area contributed by atoms with Crippen molar-refractivity contribution in [3.8, 4) is 5.88 Å². The van der Waals surface area contributed by atoms with Crippen LogP contribution in [0.3, 0.4) is 0 Å². The number of methoxy groups -OCH3 is 1. The summed E-state index contributed by atoms with van der Waals surface area (Å²) in [5.41, 5.74) is 4.79. The molecule has 158 valence electrons. The van der Waals surface area contributed by atoms with Crippen LogP contribution in [0.4, 0.5) is 20.4 Å². The lowest BCUT2D eigenvalue weighted by molar-refractivity contribution is -0.385. The molecular weight excluding hydrogens is 418 g/mol. The van der Waals surface area contributed by atoms with E-state index in [4.69, 9.17) is 10.5 Å². The highest BCUT2D eigenvalue weighted by molar-refractivity contribution is 8.13. The number of aromatic nitrogens is 2. The Morgan fingerprint density at radius 1 is 1.40 bits per heavy atom. The third kappa shape index (κ3) is 3.20.